The monoisotopic (exact) mass is 438 g/mol. The van der Waals surface area contributed by atoms with E-state index in [2.05, 4.69) is 32.1 Å². The van der Waals surface area contributed by atoms with Crippen molar-refractivity contribution in [3.63, 3.8) is 0 Å². The van der Waals surface area contributed by atoms with Gasteiger partial charge in [0.1, 0.15) is 11.6 Å². The van der Waals surface area contributed by atoms with Gasteiger partial charge >= 0.3 is 0 Å². The number of hydrogen-bond donors (Lipinski definition) is 1. The van der Waals surface area contributed by atoms with E-state index in [9.17, 15) is 4.79 Å². The van der Waals surface area contributed by atoms with Crippen molar-refractivity contribution in [2.24, 2.45) is 0 Å². The van der Waals surface area contributed by atoms with Crippen molar-refractivity contribution >= 4 is 29.2 Å². The van der Waals surface area contributed by atoms with E-state index in [1.165, 1.54) is 11.8 Å². The SMILES string of the molecule is COc1ccc(-n2ccnc2SCC(=O)Nc2ccc(N3CCN(C)CC3)nc2)cc1. The number of methoxy groups -OCH3 is 1. The van der Waals surface area contributed by atoms with Crippen molar-refractivity contribution in [1.82, 2.24) is 19.4 Å². The highest BCUT2D eigenvalue weighted by molar-refractivity contribution is 7.99. The van der Waals surface area contributed by atoms with Gasteiger partial charge in [0.15, 0.2) is 5.16 Å². The number of carbonyl (C=O) groups excluding carboxylic acids is 1. The van der Waals surface area contributed by atoms with Crippen LogP contribution in [-0.2, 0) is 4.79 Å². The number of nitrogens with one attached hydrogen (secondary N) is 1. The summed E-state index contributed by atoms with van der Waals surface area (Å²) in [5, 5.41) is 3.67. The third kappa shape index (κ3) is 5.36. The van der Waals surface area contributed by atoms with Crippen LogP contribution in [-0.4, -0.2) is 71.4 Å². The first-order valence-corrected chi connectivity index (χ1v) is 11.1. The molecule has 0 aliphatic carbocycles. The third-order valence-electron chi connectivity index (χ3n) is 5.15. The van der Waals surface area contributed by atoms with Crippen molar-refractivity contribution < 1.29 is 9.53 Å². The summed E-state index contributed by atoms with van der Waals surface area (Å²) in [6, 6.07) is 11.6. The van der Waals surface area contributed by atoms with Crippen LogP contribution in [0, 0.1) is 0 Å². The van der Waals surface area contributed by atoms with E-state index in [-0.39, 0.29) is 11.7 Å². The molecule has 1 aliphatic rings. The van der Waals surface area contributed by atoms with Gasteiger partial charge in [-0.15, -0.1) is 0 Å². The van der Waals surface area contributed by atoms with Crippen molar-refractivity contribution in [2.45, 2.75) is 5.16 Å². The molecule has 1 amide bonds. The van der Waals surface area contributed by atoms with Crippen LogP contribution in [0.1, 0.15) is 0 Å². The highest BCUT2D eigenvalue weighted by Gasteiger charge is 2.15. The molecule has 3 heterocycles. The highest BCUT2D eigenvalue weighted by Crippen LogP contribution is 2.23. The molecule has 0 atom stereocenters. The Balaban J connectivity index is 1.31. The Kier molecular flexibility index (Phi) is 6.73. The molecule has 9 heteroatoms. The lowest BCUT2D eigenvalue weighted by Crippen LogP contribution is -2.44. The van der Waals surface area contributed by atoms with E-state index in [0.29, 0.717) is 5.69 Å². The summed E-state index contributed by atoms with van der Waals surface area (Å²) in [7, 11) is 3.77. The molecule has 1 aliphatic heterocycles. The van der Waals surface area contributed by atoms with Gasteiger partial charge in [0.25, 0.3) is 0 Å². The molecule has 2 aromatic heterocycles. The van der Waals surface area contributed by atoms with E-state index < -0.39 is 0 Å². The van der Waals surface area contributed by atoms with E-state index in [0.717, 1.165) is 48.6 Å². The fourth-order valence-electron chi connectivity index (χ4n) is 3.35. The van der Waals surface area contributed by atoms with Gasteiger partial charge in [-0.3, -0.25) is 9.36 Å². The summed E-state index contributed by atoms with van der Waals surface area (Å²) in [6.45, 7) is 3.99. The number of piperazine rings is 1. The van der Waals surface area contributed by atoms with Gasteiger partial charge in [0, 0.05) is 44.3 Å². The average molecular weight is 439 g/mol. The number of benzene rings is 1. The molecule has 1 fully saturated rings. The van der Waals surface area contributed by atoms with Crippen LogP contribution in [0.25, 0.3) is 5.69 Å². The van der Waals surface area contributed by atoms with Crippen LogP contribution in [0.3, 0.4) is 0 Å². The molecular weight excluding hydrogens is 412 g/mol. The zero-order valence-corrected chi connectivity index (χ0v) is 18.5. The molecule has 1 aromatic carbocycles. The maximum atomic E-state index is 12.4. The number of aromatic nitrogens is 3. The molecule has 0 bridgehead atoms. The van der Waals surface area contributed by atoms with Gasteiger partial charge in [-0.25, -0.2) is 9.97 Å². The number of amides is 1. The molecule has 1 saturated heterocycles. The lowest BCUT2D eigenvalue weighted by atomic mass is 10.3. The van der Waals surface area contributed by atoms with Crippen LogP contribution in [0.2, 0.25) is 0 Å². The first-order chi connectivity index (χ1) is 15.1. The van der Waals surface area contributed by atoms with E-state index in [1.807, 2.05) is 47.2 Å². The van der Waals surface area contributed by atoms with Crippen LogP contribution in [0.5, 0.6) is 5.75 Å². The van der Waals surface area contributed by atoms with Crippen LogP contribution >= 0.6 is 11.8 Å². The number of likely N-dealkylation sites (N-methyl/N-ethyl adjacent to an activating group) is 1. The van der Waals surface area contributed by atoms with Crippen LogP contribution in [0.15, 0.2) is 60.1 Å². The average Bonchev–Trinajstić information content (AvgIpc) is 3.27. The minimum atomic E-state index is -0.0940. The number of rotatable bonds is 7. The normalized spacial score (nSPS) is 14.5. The Morgan fingerprint density at radius 3 is 2.55 bits per heavy atom. The fourth-order valence-corrected chi connectivity index (χ4v) is 4.12. The second-order valence-corrected chi connectivity index (χ2v) is 8.25. The predicted octanol–water partition coefficient (Wildman–Crippen LogP) is 2.76. The molecule has 162 valence electrons. The molecule has 3 aromatic rings. The maximum Gasteiger partial charge on any atom is 0.234 e. The lowest BCUT2D eigenvalue weighted by Gasteiger charge is -2.33. The summed E-state index contributed by atoms with van der Waals surface area (Å²) >= 11 is 1.39. The second kappa shape index (κ2) is 9.84. The zero-order chi connectivity index (χ0) is 21.6. The minimum absolute atomic E-state index is 0.0940. The molecule has 0 unspecified atom stereocenters. The third-order valence-corrected chi connectivity index (χ3v) is 6.12. The summed E-state index contributed by atoms with van der Waals surface area (Å²) in [5.74, 6) is 1.91. The van der Waals surface area contributed by atoms with Gasteiger partial charge in [-0.05, 0) is 43.4 Å². The van der Waals surface area contributed by atoms with Gasteiger partial charge in [0.2, 0.25) is 5.91 Å². The van der Waals surface area contributed by atoms with Crippen molar-refractivity contribution in [3.05, 3.63) is 55.0 Å². The van der Waals surface area contributed by atoms with Crippen molar-refractivity contribution in [3.8, 4) is 11.4 Å². The number of ether oxygens (including phenoxy) is 1. The predicted molar refractivity (Wildman–Crippen MR) is 123 cm³/mol. The molecule has 31 heavy (non-hydrogen) atoms. The smallest absolute Gasteiger partial charge is 0.234 e. The first kappa shape index (κ1) is 21.2. The van der Waals surface area contributed by atoms with Gasteiger partial charge in [-0.2, -0.15) is 0 Å². The number of imidazole rings is 1. The first-order valence-electron chi connectivity index (χ1n) is 10.1. The zero-order valence-electron chi connectivity index (χ0n) is 17.7. The van der Waals surface area contributed by atoms with Crippen LogP contribution in [0.4, 0.5) is 11.5 Å². The Morgan fingerprint density at radius 1 is 1.10 bits per heavy atom. The second-order valence-electron chi connectivity index (χ2n) is 7.31. The summed E-state index contributed by atoms with van der Waals surface area (Å²) in [6.07, 6.45) is 5.32. The number of nitrogens with zero attached hydrogens (tertiary/aromatic N) is 5. The van der Waals surface area contributed by atoms with Gasteiger partial charge < -0.3 is 19.9 Å². The van der Waals surface area contributed by atoms with E-state index >= 15 is 0 Å². The topological polar surface area (TPSA) is 75.5 Å². The molecule has 4 rings (SSSR count). The number of hydrogen-bond acceptors (Lipinski definition) is 7. The largest absolute Gasteiger partial charge is 0.497 e. The Morgan fingerprint density at radius 2 is 1.87 bits per heavy atom. The van der Waals surface area contributed by atoms with Crippen LogP contribution < -0.4 is 15.0 Å². The quantitative estimate of drug-likeness (QED) is 0.569. The minimum Gasteiger partial charge on any atom is -0.497 e. The van der Waals surface area contributed by atoms with E-state index in [1.54, 1.807) is 19.5 Å². The van der Waals surface area contributed by atoms with Crippen molar-refractivity contribution in [1.29, 1.82) is 0 Å². The fraction of sp³-hybridized carbons (Fsp3) is 0.318. The lowest BCUT2D eigenvalue weighted by molar-refractivity contribution is -0.113. The number of thioether (sulfide) groups is 1. The number of pyridine rings is 1. The summed E-state index contributed by atoms with van der Waals surface area (Å²) < 4.78 is 7.15. The number of anilines is 2. The number of carbonyl (C=O) groups is 1. The summed E-state index contributed by atoms with van der Waals surface area (Å²) in [4.78, 5) is 25.9. The summed E-state index contributed by atoms with van der Waals surface area (Å²) in [5.41, 5.74) is 1.66. The van der Waals surface area contributed by atoms with Gasteiger partial charge in [0.05, 0.1) is 24.7 Å². The molecule has 0 spiro atoms. The highest BCUT2D eigenvalue weighted by atomic mass is 32.2. The van der Waals surface area contributed by atoms with E-state index in [4.69, 9.17) is 4.74 Å². The van der Waals surface area contributed by atoms with Gasteiger partial charge in [-0.1, -0.05) is 11.8 Å². The molecule has 8 nitrogen and oxygen atoms in total. The molecule has 0 radical (unpaired) electrons. The Hall–Kier alpha value is -3.04. The van der Waals surface area contributed by atoms with Crippen molar-refractivity contribution in [2.75, 3.05) is 56.3 Å². The Bertz CT molecular complexity index is 998. The molecule has 1 N–H and O–H groups in total. The maximum absolute atomic E-state index is 12.4. The molecule has 0 saturated carbocycles. The molecular formula is C22H26N6O2S. The Labute approximate surface area is 186 Å². The standard InChI is InChI=1S/C22H26N6O2S/c1-26-11-13-27(14-12-26)20-8-3-17(15-24-20)25-21(29)16-31-22-23-9-10-28(22)18-4-6-19(30-2)7-5-18/h3-10,15H,11-14,16H2,1-2H3,(H,25,29).